The number of aryl methyl sites for hydroxylation is 1. The summed E-state index contributed by atoms with van der Waals surface area (Å²) in [5.74, 6) is -0.445. The van der Waals surface area contributed by atoms with Crippen molar-refractivity contribution in [1.29, 1.82) is 0 Å². The highest BCUT2D eigenvalue weighted by Gasteiger charge is 2.52. The van der Waals surface area contributed by atoms with Crippen molar-refractivity contribution in [3.63, 3.8) is 0 Å². The largest absolute Gasteiger partial charge is 0.465 e. The second kappa shape index (κ2) is 7.50. The highest BCUT2D eigenvalue weighted by Crippen LogP contribution is 2.42. The van der Waals surface area contributed by atoms with Gasteiger partial charge in [0, 0.05) is 29.0 Å². The van der Waals surface area contributed by atoms with Crippen molar-refractivity contribution in [3.8, 4) is 11.3 Å². The topological polar surface area (TPSA) is 78.6 Å². The van der Waals surface area contributed by atoms with Crippen molar-refractivity contribution >= 4 is 23.5 Å². The maximum Gasteiger partial charge on any atom is 0.323 e. The van der Waals surface area contributed by atoms with Gasteiger partial charge in [0.15, 0.2) is 5.41 Å². The van der Waals surface area contributed by atoms with Crippen molar-refractivity contribution < 1.29 is 23.6 Å². The third-order valence-corrected chi connectivity index (χ3v) is 4.83. The minimum absolute atomic E-state index is 0.140. The van der Waals surface area contributed by atoms with E-state index in [1.807, 2.05) is 12.1 Å². The zero-order chi connectivity index (χ0) is 18.7. The van der Waals surface area contributed by atoms with E-state index in [1.54, 1.807) is 26.0 Å². The van der Waals surface area contributed by atoms with Crippen LogP contribution in [0, 0.1) is 5.41 Å². The number of rotatable bonds is 5. The quantitative estimate of drug-likeness (QED) is 0.585. The van der Waals surface area contributed by atoms with Gasteiger partial charge in [0.05, 0.1) is 13.2 Å². The van der Waals surface area contributed by atoms with Gasteiger partial charge in [-0.25, -0.2) is 0 Å². The Hall–Kier alpha value is -2.34. The van der Waals surface area contributed by atoms with Gasteiger partial charge in [-0.3, -0.25) is 9.59 Å². The molecule has 2 aromatic rings. The van der Waals surface area contributed by atoms with Gasteiger partial charge in [-0.1, -0.05) is 28.9 Å². The first-order chi connectivity index (χ1) is 12.5. The molecule has 0 aliphatic heterocycles. The fourth-order valence-corrected chi connectivity index (χ4v) is 3.37. The lowest BCUT2D eigenvalue weighted by Gasteiger charge is -2.31. The van der Waals surface area contributed by atoms with Crippen molar-refractivity contribution in [1.82, 2.24) is 5.16 Å². The van der Waals surface area contributed by atoms with Crippen molar-refractivity contribution in [2.75, 3.05) is 13.2 Å². The van der Waals surface area contributed by atoms with Crippen LogP contribution < -0.4 is 0 Å². The van der Waals surface area contributed by atoms with E-state index in [-0.39, 0.29) is 26.1 Å². The monoisotopic (exact) mass is 377 g/mol. The van der Waals surface area contributed by atoms with Gasteiger partial charge in [0.1, 0.15) is 11.5 Å². The van der Waals surface area contributed by atoms with E-state index in [2.05, 4.69) is 5.16 Å². The summed E-state index contributed by atoms with van der Waals surface area (Å²) in [5.41, 5.74) is 0.781. The Kier molecular flexibility index (Phi) is 5.32. The first-order valence-corrected chi connectivity index (χ1v) is 8.97. The molecule has 0 N–H and O–H groups in total. The Morgan fingerprint density at radius 2 is 1.77 bits per heavy atom. The molecule has 1 aliphatic carbocycles. The van der Waals surface area contributed by atoms with Crippen LogP contribution in [0.1, 0.15) is 31.6 Å². The Morgan fingerprint density at radius 1 is 1.15 bits per heavy atom. The van der Waals surface area contributed by atoms with Crippen molar-refractivity contribution in [2.45, 2.75) is 33.1 Å². The lowest BCUT2D eigenvalue weighted by atomic mass is 9.72. The molecule has 0 unspecified atom stereocenters. The van der Waals surface area contributed by atoms with E-state index in [9.17, 15) is 9.59 Å². The number of carbonyl (C=O) groups excluding carboxylic acids is 2. The molecular formula is C19H20ClNO5. The summed E-state index contributed by atoms with van der Waals surface area (Å²) in [6.45, 7) is 3.81. The minimum atomic E-state index is -1.37. The fourth-order valence-electron chi connectivity index (χ4n) is 3.24. The average molecular weight is 378 g/mol. The van der Waals surface area contributed by atoms with Crippen LogP contribution in [-0.4, -0.2) is 30.3 Å². The molecule has 3 rings (SSSR count). The zero-order valence-corrected chi connectivity index (χ0v) is 15.5. The van der Waals surface area contributed by atoms with E-state index >= 15 is 0 Å². The number of esters is 2. The molecule has 6 nitrogen and oxygen atoms in total. The van der Waals surface area contributed by atoms with Crippen LogP contribution in [0.25, 0.3) is 11.3 Å². The molecule has 0 saturated heterocycles. The Balaban J connectivity index is 2.02. The SMILES string of the molecule is CCOC(=O)C1(C(=O)OCC)CCc2onc(-c3ccc(Cl)cc3)c2C1. The molecule has 0 amide bonds. The number of hydrogen-bond donors (Lipinski definition) is 0. The molecular weight excluding hydrogens is 358 g/mol. The summed E-state index contributed by atoms with van der Waals surface area (Å²) in [6.07, 6.45) is 0.821. The molecule has 1 aromatic heterocycles. The summed E-state index contributed by atoms with van der Waals surface area (Å²) in [4.78, 5) is 25.3. The third kappa shape index (κ3) is 3.21. The van der Waals surface area contributed by atoms with Gasteiger partial charge in [-0.2, -0.15) is 0 Å². The number of halogens is 1. The molecule has 0 atom stereocenters. The summed E-state index contributed by atoms with van der Waals surface area (Å²) in [6, 6.07) is 7.16. The molecule has 0 fully saturated rings. The van der Waals surface area contributed by atoms with Gasteiger partial charge in [0.25, 0.3) is 0 Å². The predicted molar refractivity (Wildman–Crippen MR) is 94.7 cm³/mol. The van der Waals surface area contributed by atoms with Crippen LogP contribution >= 0.6 is 11.6 Å². The Bertz CT molecular complexity index is 794. The number of ether oxygens (including phenoxy) is 2. The first-order valence-electron chi connectivity index (χ1n) is 8.59. The molecule has 1 aliphatic rings. The Labute approximate surface area is 156 Å². The minimum Gasteiger partial charge on any atom is -0.465 e. The lowest BCUT2D eigenvalue weighted by molar-refractivity contribution is -0.173. The number of nitrogens with zero attached hydrogens (tertiary/aromatic N) is 1. The number of benzene rings is 1. The lowest BCUT2D eigenvalue weighted by Crippen LogP contribution is -2.46. The number of aromatic nitrogens is 1. The molecule has 1 aromatic carbocycles. The smallest absolute Gasteiger partial charge is 0.323 e. The van der Waals surface area contributed by atoms with Crippen LogP contribution in [-0.2, 0) is 31.9 Å². The fraction of sp³-hybridized carbons (Fsp3) is 0.421. The van der Waals surface area contributed by atoms with Crippen LogP contribution in [0.3, 0.4) is 0 Å². The first kappa shape index (κ1) is 18.5. The summed E-state index contributed by atoms with van der Waals surface area (Å²) in [7, 11) is 0. The molecule has 26 heavy (non-hydrogen) atoms. The Morgan fingerprint density at radius 3 is 2.35 bits per heavy atom. The number of fused-ring (bicyclic) bond motifs is 1. The second-order valence-corrected chi connectivity index (χ2v) is 6.58. The molecule has 0 radical (unpaired) electrons. The predicted octanol–water partition coefficient (Wildman–Crippen LogP) is 3.60. The maximum absolute atomic E-state index is 12.7. The van der Waals surface area contributed by atoms with Gasteiger partial charge in [-0.05, 0) is 32.4 Å². The summed E-state index contributed by atoms with van der Waals surface area (Å²) in [5, 5.41) is 4.76. The second-order valence-electron chi connectivity index (χ2n) is 6.14. The van der Waals surface area contributed by atoms with Crippen LogP contribution in [0.15, 0.2) is 28.8 Å². The van der Waals surface area contributed by atoms with E-state index < -0.39 is 17.4 Å². The van der Waals surface area contributed by atoms with Crippen LogP contribution in [0.2, 0.25) is 5.02 Å². The molecule has 1 heterocycles. The van der Waals surface area contributed by atoms with Crippen LogP contribution in [0.5, 0.6) is 0 Å². The maximum atomic E-state index is 12.7. The van der Waals surface area contributed by atoms with Crippen LogP contribution in [0.4, 0.5) is 0 Å². The van der Waals surface area contributed by atoms with Gasteiger partial charge in [0.2, 0.25) is 0 Å². The third-order valence-electron chi connectivity index (χ3n) is 4.58. The van der Waals surface area contributed by atoms with Gasteiger partial charge >= 0.3 is 11.9 Å². The standard InChI is InChI=1S/C19H20ClNO5/c1-3-24-17(22)19(18(23)25-4-2)10-9-15-14(11-19)16(21-26-15)12-5-7-13(20)8-6-12/h5-8H,3-4,9-11H2,1-2H3. The summed E-state index contributed by atoms with van der Waals surface area (Å²) >= 11 is 5.95. The van der Waals surface area contributed by atoms with Gasteiger partial charge in [-0.15, -0.1) is 0 Å². The molecule has 0 saturated carbocycles. The summed E-state index contributed by atoms with van der Waals surface area (Å²) < 4.78 is 15.9. The van der Waals surface area contributed by atoms with E-state index in [0.29, 0.717) is 22.9 Å². The number of hydrogen-bond acceptors (Lipinski definition) is 6. The zero-order valence-electron chi connectivity index (χ0n) is 14.7. The number of carbonyl (C=O) groups is 2. The van der Waals surface area contributed by atoms with Crippen molar-refractivity contribution in [2.24, 2.45) is 5.41 Å². The van der Waals surface area contributed by atoms with Gasteiger partial charge < -0.3 is 14.0 Å². The molecule has 138 valence electrons. The van der Waals surface area contributed by atoms with E-state index in [4.69, 9.17) is 25.6 Å². The van der Waals surface area contributed by atoms with Crippen molar-refractivity contribution in [3.05, 3.63) is 40.6 Å². The molecule has 0 bridgehead atoms. The molecule has 7 heteroatoms. The normalized spacial score (nSPS) is 15.2. The van der Waals surface area contributed by atoms with E-state index in [0.717, 1.165) is 11.1 Å². The highest BCUT2D eigenvalue weighted by atomic mass is 35.5. The highest BCUT2D eigenvalue weighted by molar-refractivity contribution is 6.30. The molecule has 0 spiro atoms. The average Bonchev–Trinajstić information content (AvgIpc) is 3.05. The van der Waals surface area contributed by atoms with E-state index in [1.165, 1.54) is 0 Å².